The van der Waals surface area contributed by atoms with Gasteiger partial charge in [0.05, 0.1) is 29.1 Å². The molecule has 2 heterocycles. The van der Waals surface area contributed by atoms with Gasteiger partial charge < -0.3 is 9.64 Å². The number of carbonyl (C=O) groups is 4. The summed E-state index contributed by atoms with van der Waals surface area (Å²) in [6.07, 6.45) is 5.53. The fourth-order valence-corrected chi connectivity index (χ4v) is 7.62. The van der Waals surface area contributed by atoms with Crippen LogP contribution in [0, 0.1) is 41.4 Å². The van der Waals surface area contributed by atoms with Gasteiger partial charge in [0.15, 0.2) is 0 Å². The molecule has 0 radical (unpaired) electrons. The minimum atomic E-state index is -0.588. The molecule has 7 nitrogen and oxygen atoms in total. The molecule has 3 amide bonds. The first-order valence-electron chi connectivity index (χ1n) is 13.7. The number of hydrogen-bond donors (Lipinski definition) is 0. The van der Waals surface area contributed by atoms with Crippen LogP contribution in [0.15, 0.2) is 78.9 Å². The van der Waals surface area contributed by atoms with Crippen molar-refractivity contribution in [1.82, 2.24) is 0 Å². The average Bonchev–Trinajstić information content (AvgIpc) is 3.64. The summed E-state index contributed by atoms with van der Waals surface area (Å²) in [5.74, 6) is -0.125. The Bertz CT molecular complexity index is 1570. The highest BCUT2D eigenvalue weighted by Gasteiger charge is 2.67. The van der Waals surface area contributed by atoms with E-state index in [0.29, 0.717) is 23.3 Å². The van der Waals surface area contributed by atoms with Crippen molar-refractivity contribution in [3.8, 4) is 5.75 Å². The van der Waals surface area contributed by atoms with Crippen molar-refractivity contribution in [1.29, 1.82) is 0 Å². The molecule has 6 aliphatic rings. The van der Waals surface area contributed by atoms with Crippen molar-refractivity contribution in [2.24, 2.45) is 41.4 Å². The SMILES string of the molecule is O=C(Oc1ccc(N2C(=O)[C@@H]3[C@H]4C=C[C@@H]([C@@H]5C[C@H]45)[C@@H]3C2=O)cc1)[C@@H]1CC(=O)N(c2cccc3ccccc23)C1. The predicted molar refractivity (Wildman–Crippen MR) is 144 cm³/mol. The van der Waals surface area contributed by atoms with Crippen molar-refractivity contribution < 1.29 is 23.9 Å². The van der Waals surface area contributed by atoms with Crippen LogP contribution in [0.5, 0.6) is 5.75 Å². The number of carbonyl (C=O) groups excluding carboxylic acids is 4. The van der Waals surface area contributed by atoms with E-state index in [1.807, 2.05) is 42.5 Å². The number of allylic oxidation sites excluding steroid dienone is 2. The lowest BCUT2D eigenvalue weighted by molar-refractivity contribution is -0.139. The third-order valence-electron chi connectivity index (χ3n) is 9.49. The summed E-state index contributed by atoms with van der Waals surface area (Å²) >= 11 is 0. The number of rotatable bonds is 4. The van der Waals surface area contributed by atoms with E-state index >= 15 is 0 Å². The zero-order valence-electron chi connectivity index (χ0n) is 21.1. The fourth-order valence-electron chi connectivity index (χ4n) is 7.62. The van der Waals surface area contributed by atoms with Crippen molar-refractivity contribution in [3.63, 3.8) is 0 Å². The van der Waals surface area contributed by atoms with Crippen LogP contribution in [-0.2, 0) is 19.2 Å². The Morgan fingerprint density at radius 3 is 2.18 bits per heavy atom. The van der Waals surface area contributed by atoms with Crippen molar-refractivity contribution >= 4 is 45.8 Å². The fraction of sp³-hybridized carbons (Fsp3) is 0.312. The lowest BCUT2D eigenvalue weighted by Gasteiger charge is -2.37. The number of fused-ring (bicyclic) bond motifs is 1. The molecule has 4 fully saturated rings. The largest absolute Gasteiger partial charge is 0.426 e. The number of benzene rings is 3. The normalized spacial score (nSPS) is 32.1. The molecule has 9 rings (SSSR count). The van der Waals surface area contributed by atoms with Gasteiger partial charge in [0.25, 0.3) is 0 Å². The molecule has 3 aromatic rings. The van der Waals surface area contributed by atoms with E-state index in [1.54, 1.807) is 29.2 Å². The van der Waals surface area contributed by atoms with E-state index in [4.69, 9.17) is 4.74 Å². The van der Waals surface area contributed by atoms with Crippen LogP contribution in [0.2, 0.25) is 0 Å². The van der Waals surface area contributed by atoms with Gasteiger partial charge in [-0.1, -0.05) is 48.6 Å². The number of esters is 1. The molecule has 39 heavy (non-hydrogen) atoms. The first kappa shape index (κ1) is 22.7. The Balaban J connectivity index is 0.969. The summed E-state index contributed by atoms with van der Waals surface area (Å²) < 4.78 is 5.63. The second-order valence-electron chi connectivity index (χ2n) is 11.5. The molecule has 2 saturated heterocycles. The average molecular weight is 519 g/mol. The third kappa shape index (κ3) is 3.28. The molecule has 3 aromatic carbocycles. The van der Waals surface area contributed by atoms with Crippen LogP contribution in [0.1, 0.15) is 12.8 Å². The molecule has 2 saturated carbocycles. The Morgan fingerprint density at radius 1 is 0.795 bits per heavy atom. The van der Waals surface area contributed by atoms with Crippen LogP contribution < -0.4 is 14.5 Å². The van der Waals surface area contributed by atoms with Crippen LogP contribution in [0.4, 0.5) is 11.4 Å². The molecular weight excluding hydrogens is 492 g/mol. The van der Waals surface area contributed by atoms with E-state index in [-0.39, 0.29) is 54.4 Å². The summed E-state index contributed by atoms with van der Waals surface area (Å²) in [6.45, 7) is 0.252. The van der Waals surface area contributed by atoms with Crippen LogP contribution in [0.3, 0.4) is 0 Å². The van der Waals surface area contributed by atoms with E-state index < -0.39 is 11.9 Å². The molecule has 194 valence electrons. The van der Waals surface area contributed by atoms with E-state index in [9.17, 15) is 19.2 Å². The number of hydrogen-bond acceptors (Lipinski definition) is 5. The molecule has 0 aromatic heterocycles. The highest BCUT2D eigenvalue weighted by Crippen LogP contribution is 2.65. The number of anilines is 2. The summed E-state index contributed by atoms with van der Waals surface area (Å²) in [5.41, 5.74) is 1.30. The molecule has 4 aliphatic carbocycles. The first-order chi connectivity index (χ1) is 19.0. The van der Waals surface area contributed by atoms with Gasteiger partial charge in [-0.05, 0) is 65.8 Å². The Morgan fingerprint density at radius 2 is 1.46 bits per heavy atom. The van der Waals surface area contributed by atoms with Gasteiger partial charge in [0.1, 0.15) is 5.75 Å². The van der Waals surface area contributed by atoms with Crippen LogP contribution >= 0.6 is 0 Å². The summed E-state index contributed by atoms with van der Waals surface area (Å²) in [4.78, 5) is 55.6. The molecular formula is C32H26N2O5. The minimum absolute atomic E-state index is 0.0814. The molecule has 2 bridgehead atoms. The molecule has 0 N–H and O–H groups in total. The zero-order valence-corrected chi connectivity index (χ0v) is 21.1. The second kappa shape index (κ2) is 8.12. The lowest BCUT2D eigenvalue weighted by Crippen LogP contribution is -2.40. The summed E-state index contributed by atoms with van der Waals surface area (Å²) in [7, 11) is 0. The van der Waals surface area contributed by atoms with Gasteiger partial charge in [-0.3, -0.25) is 24.1 Å². The second-order valence-corrected chi connectivity index (χ2v) is 11.5. The topological polar surface area (TPSA) is 84.0 Å². The monoisotopic (exact) mass is 518 g/mol. The quantitative estimate of drug-likeness (QED) is 0.222. The number of amides is 3. The van der Waals surface area contributed by atoms with Gasteiger partial charge in [0, 0.05) is 18.4 Å². The number of ether oxygens (including phenoxy) is 1. The summed E-state index contributed by atoms with van der Waals surface area (Å²) in [5, 5.41) is 1.99. The smallest absolute Gasteiger partial charge is 0.316 e. The highest BCUT2D eigenvalue weighted by atomic mass is 16.5. The number of nitrogens with zero attached hydrogens (tertiary/aromatic N) is 2. The van der Waals surface area contributed by atoms with E-state index in [0.717, 1.165) is 22.9 Å². The Kier molecular flexibility index (Phi) is 4.73. The van der Waals surface area contributed by atoms with Crippen molar-refractivity contribution in [3.05, 3.63) is 78.9 Å². The van der Waals surface area contributed by atoms with Gasteiger partial charge >= 0.3 is 5.97 Å². The maximum absolute atomic E-state index is 13.4. The van der Waals surface area contributed by atoms with Crippen LogP contribution in [-0.4, -0.2) is 30.2 Å². The molecule has 7 atom stereocenters. The van der Waals surface area contributed by atoms with E-state index in [2.05, 4.69) is 12.2 Å². The van der Waals surface area contributed by atoms with Gasteiger partial charge in [0.2, 0.25) is 17.7 Å². The number of imide groups is 1. The Hall–Kier alpha value is -4.26. The van der Waals surface area contributed by atoms with Crippen LogP contribution in [0.25, 0.3) is 10.8 Å². The van der Waals surface area contributed by atoms with Gasteiger partial charge in [-0.25, -0.2) is 0 Å². The van der Waals surface area contributed by atoms with Gasteiger partial charge in [-0.2, -0.15) is 0 Å². The molecule has 0 unspecified atom stereocenters. The highest BCUT2D eigenvalue weighted by molar-refractivity contribution is 6.22. The molecule has 0 spiro atoms. The third-order valence-corrected chi connectivity index (χ3v) is 9.49. The maximum atomic E-state index is 13.4. The van der Waals surface area contributed by atoms with Crippen molar-refractivity contribution in [2.45, 2.75) is 12.8 Å². The summed E-state index contributed by atoms with van der Waals surface area (Å²) in [6, 6.07) is 20.2. The molecule has 2 aliphatic heterocycles. The first-order valence-corrected chi connectivity index (χ1v) is 13.7. The zero-order chi connectivity index (χ0) is 26.4. The van der Waals surface area contributed by atoms with Gasteiger partial charge in [-0.15, -0.1) is 0 Å². The predicted octanol–water partition coefficient (Wildman–Crippen LogP) is 4.36. The molecule has 7 heteroatoms. The minimum Gasteiger partial charge on any atom is -0.426 e. The van der Waals surface area contributed by atoms with Crippen molar-refractivity contribution in [2.75, 3.05) is 16.3 Å². The van der Waals surface area contributed by atoms with E-state index in [1.165, 1.54) is 4.90 Å². The maximum Gasteiger partial charge on any atom is 0.316 e. The Labute approximate surface area is 225 Å². The lowest BCUT2D eigenvalue weighted by atomic mass is 9.63. The standard InChI is InChI=1S/C32H26N2O5/c35-27-14-18(16-33(27)26-7-3-5-17-4-1-2-6-21(17)26)32(38)39-20-10-8-19(9-11-20)34-30(36)28-22-12-13-23(25-15-24(22)25)29(28)31(34)37/h1-13,18,22-25,28-29H,14-16H2/t18-,22+,23+,24-,25+,28-,29+/m1/s1.